The number of nitrogens with zero attached hydrogens (tertiary/aromatic N) is 3. The number of hydrogen-bond donors (Lipinski definition) is 1. The molecule has 0 spiro atoms. The number of carbonyl (C=O) groups excluding carboxylic acids is 1. The molecule has 2 aromatic rings. The summed E-state index contributed by atoms with van der Waals surface area (Å²) in [5.41, 5.74) is 1.15. The van der Waals surface area contributed by atoms with E-state index in [2.05, 4.69) is 15.3 Å². The van der Waals surface area contributed by atoms with E-state index in [0.717, 1.165) is 5.56 Å². The number of anilines is 1. The van der Waals surface area contributed by atoms with Gasteiger partial charge in [0.05, 0.1) is 23.8 Å². The molecular formula is C14H14N4O4. The molecule has 8 nitrogen and oxygen atoms in total. The van der Waals surface area contributed by atoms with Crippen LogP contribution in [0, 0.1) is 10.1 Å². The molecule has 0 bridgehead atoms. The number of nitrogens with one attached hydrogen (secondary N) is 1. The van der Waals surface area contributed by atoms with Gasteiger partial charge >= 0.3 is 0 Å². The first-order valence-electron chi connectivity index (χ1n) is 6.46. The number of aryl methyl sites for hydroxylation is 1. The highest BCUT2D eigenvalue weighted by atomic mass is 16.6. The van der Waals surface area contributed by atoms with Crippen molar-refractivity contribution in [1.82, 2.24) is 9.97 Å². The Bertz CT molecular complexity index is 676. The number of aromatic nitrogens is 2. The summed E-state index contributed by atoms with van der Waals surface area (Å²) in [6.07, 6.45) is 5.46. The predicted molar refractivity (Wildman–Crippen MR) is 78.6 cm³/mol. The van der Waals surface area contributed by atoms with Crippen molar-refractivity contribution in [3.05, 3.63) is 52.6 Å². The van der Waals surface area contributed by atoms with E-state index in [1.165, 1.54) is 31.6 Å². The SMILES string of the molecule is COc1cc([N+](=O)[O-])ccc1NC(=O)CCc1cncnc1. The average molecular weight is 302 g/mol. The number of benzene rings is 1. The zero-order valence-electron chi connectivity index (χ0n) is 11.9. The van der Waals surface area contributed by atoms with E-state index in [1.807, 2.05) is 0 Å². The molecule has 0 radical (unpaired) electrons. The van der Waals surface area contributed by atoms with Crippen molar-refractivity contribution >= 4 is 17.3 Å². The Morgan fingerprint density at radius 2 is 2.09 bits per heavy atom. The van der Waals surface area contributed by atoms with Gasteiger partial charge in [-0.3, -0.25) is 14.9 Å². The van der Waals surface area contributed by atoms with Crippen molar-refractivity contribution in [3.8, 4) is 5.75 Å². The summed E-state index contributed by atoms with van der Waals surface area (Å²) in [5.74, 6) is 0.0154. The second kappa shape index (κ2) is 7.11. The maximum atomic E-state index is 11.9. The van der Waals surface area contributed by atoms with Crippen molar-refractivity contribution in [3.63, 3.8) is 0 Å². The van der Waals surface area contributed by atoms with Crippen molar-refractivity contribution in [1.29, 1.82) is 0 Å². The van der Waals surface area contributed by atoms with Crippen LogP contribution in [0.25, 0.3) is 0 Å². The van der Waals surface area contributed by atoms with E-state index in [0.29, 0.717) is 12.1 Å². The Balaban J connectivity index is 2.00. The number of rotatable bonds is 6. The molecule has 0 fully saturated rings. The molecule has 1 amide bonds. The highest BCUT2D eigenvalue weighted by Crippen LogP contribution is 2.29. The van der Waals surface area contributed by atoms with Gasteiger partial charge in [-0.1, -0.05) is 0 Å². The van der Waals surface area contributed by atoms with E-state index in [4.69, 9.17) is 4.74 Å². The molecule has 0 saturated carbocycles. The highest BCUT2D eigenvalue weighted by molar-refractivity contribution is 5.92. The molecule has 1 N–H and O–H groups in total. The van der Waals surface area contributed by atoms with Crippen LogP contribution in [0.15, 0.2) is 36.9 Å². The first-order valence-corrected chi connectivity index (χ1v) is 6.46. The summed E-state index contributed by atoms with van der Waals surface area (Å²) < 4.78 is 5.06. The van der Waals surface area contributed by atoms with Crippen LogP contribution in [0.5, 0.6) is 5.75 Å². The largest absolute Gasteiger partial charge is 0.494 e. The molecule has 0 aliphatic heterocycles. The number of methoxy groups -OCH3 is 1. The fourth-order valence-corrected chi connectivity index (χ4v) is 1.83. The molecule has 1 aromatic carbocycles. The van der Waals surface area contributed by atoms with E-state index < -0.39 is 4.92 Å². The minimum Gasteiger partial charge on any atom is -0.494 e. The molecule has 1 aromatic heterocycles. The van der Waals surface area contributed by atoms with Gasteiger partial charge < -0.3 is 10.1 Å². The predicted octanol–water partition coefficient (Wildman–Crippen LogP) is 1.96. The fraction of sp³-hybridized carbons (Fsp3) is 0.214. The Hall–Kier alpha value is -3.03. The summed E-state index contributed by atoms with van der Waals surface area (Å²) in [7, 11) is 1.38. The molecule has 0 unspecified atom stereocenters. The number of non-ortho nitro benzene ring substituents is 1. The van der Waals surface area contributed by atoms with Gasteiger partial charge in [-0.25, -0.2) is 9.97 Å². The minimum atomic E-state index is -0.524. The third-order valence-corrected chi connectivity index (χ3v) is 2.92. The molecule has 22 heavy (non-hydrogen) atoms. The molecule has 0 saturated heterocycles. The lowest BCUT2D eigenvalue weighted by Crippen LogP contribution is -2.13. The first kappa shape index (κ1) is 15.4. The van der Waals surface area contributed by atoms with Gasteiger partial charge in [-0.15, -0.1) is 0 Å². The number of nitro groups is 1. The van der Waals surface area contributed by atoms with Crippen molar-refractivity contribution < 1.29 is 14.5 Å². The normalized spacial score (nSPS) is 10.0. The lowest BCUT2D eigenvalue weighted by atomic mass is 10.2. The van der Waals surface area contributed by atoms with Gasteiger partial charge in [0.15, 0.2) is 0 Å². The van der Waals surface area contributed by atoms with E-state index in [9.17, 15) is 14.9 Å². The van der Waals surface area contributed by atoms with Crippen LogP contribution in [0.1, 0.15) is 12.0 Å². The molecule has 8 heteroatoms. The first-order chi connectivity index (χ1) is 10.6. The molecule has 0 aliphatic carbocycles. The average Bonchev–Trinajstić information content (AvgIpc) is 2.54. The summed E-state index contributed by atoms with van der Waals surface area (Å²) in [6.45, 7) is 0. The van der Waals surface area contributed by atoms with Gasteiger partial charge in [-0.05, 0) is 18.1 Å². The number of carbonyl (C=O) groups is 1. The van der Waals surface area contributed by atoms with Crippen molar-refractivity contribution in [2.45, 2.75) is 12.8 Å². The van der Waals surface area contributed by atoms with Crippen molar-refractivity contribution in [2.75, 3.05) is 12.4 Å². The minimum absolute atomic E-state index is 0.101. The Kier molecular flexibility index (Phi) is 4.97. The van der Waals surface area contributed by atoms with Crippen LogP contribution in [0.4, 0.5) is 11.4 Å². The molecular weight excluding hydrogens is 288 g/mol. The van der Waals surface area contributed by atoms with Gasteiger partial charge in [0, 0.05) is 24.9 Å². The van der Waals surface area contributed by atoms with Crippen LogP contribution in [-0.2, 0) is 11.2 Å². The topological polar surface area (TPSA) is 107 Å². The van der Waals surface area contributed by atoms with Gasteiger partial charge in [0.2, 0.25) is 5.91 Å². The van der Waals surface area contributed by atoms with Gasteiger partial charge in [0.1, 0.15) is 12.1 Å². The van der Waals surface area contributed by atoms with Crippen LogP contribution in [0.3, 0.4) is 0 Å². The van der Waals surface area contributed by atoms with Crippen molar-refractivity contribution in [2.24, 2.45) is 0 Å². The second-order valence-electron chi connectivity index (χ2n) is 4.44. The highest BCUT2D eigenvalue weighted by Gasteiger charge is 2.13. The van der Waals surface area contributed by atoms with Crippen LogP contribution in [-0.4, -0.2) is 27.9 Å². The molecule has 2 rings (SSSR count). The molecule has 0 atom stereocenters. The van der Waals surface area contributed by atoms with Gasteiger partial charge in [-0.2, -0.15) is 0 Å². The molecule has 1 heterocycles. The maximum Gasteiger partial charge on any atom is 0.273 e. The summed E-state index contributed by atoms with van der Waals surface area (Å²) in [6, 6.07) is 4.02. The summed E-state index contributed by atoms with van der Waals surface area (Å²) in [4.78, 5) is 29.9. The zero-order valence-corrected chi connectivity index (χ0v) is 11.9. The summed E-state index contributed by atoms with van der Waals surface area (Å²) >= 11 is 0. The number of amides is 1. The monoisotopic (exact) mass is 302 g/mol. The zero-order chi connectivity index (χ0) is 15.9. The Labute approximate surface area is 126 Å². The van der Waals surface area contributed by atoms with E-state index >= 15 is 0 Å². The second-order valence-corrected chi connectivity index (χ2v) is 4.44. The third-order valence-electron chi connectivity index (χ3n) is 2.92. The Morgan fingerprint density at radius 1 is 1.36 bits per heavy atom. The summed E-state index contributed by atoms with van der Waals surface area (Å²) in [5, 5.41) is 13.4. The van der Waals surface area contributed by atoms with E-state index in [-0.39, 0.29) is 23.8 Å². The van der Waals surface area contributed by atoms with E-state index in [1.54, 1.807) is 12.4 Å². The van der Waals surface area contributed by atoms with Crippen LogP contribution in [0.2, 0.25) is 0 Å². The maximum absolute atomic E-state index is 11.9. The standard InChI is InChI=1S/C14H14N4O4/c1-22-13-6-11(18(20)21)3-4-12(13)17-14(19)5-2-10-7-15-9-16-8-10/h3-4,6-9H,2,5H2,1H3,(H,17,19). The number of hydrogen-bond acceptors (Lipinski definition) is 6. The quantitative estimate of drug-likeness (QED) is 0.645. The van der Waals surface area contributed by atoms with Crippen LogP contribution >= 0.6 is 0 Å². The lowest BCUT2D eigenvalue weighted by Gasteiger charge is -2.09. The Morgan fingerprint density at radius 3 is 2.73 bits per heavy atom. The number of ether oxygens (including phenoxy) is 1. The van der Waals surface area contributed by atoms with Gasteiger partial charge in [0.25, 0.3) is 5.69 Å². The smallest absolute Gasteiger partial charge is 0.273 e. The number of nitro benzene ring substituents is 1. The molecule has 0 aliphatic rings. The lowest BCUT2D eigenvalue weighted by molar-refractivity contribution is -0.384. The third kappa shape index (κ3) is 3.98. The van der Waals surface area contributed by atoms with Crippen LogP contribution < -0.4 is 10.1 Å². The molecule has 114 valence electrons. The fourth-order valence-electron chi connectivity index (χ4n) is 1.83.